The summed E-state index contributed by atoms with van der Waals surface area (Å²) in [5.74, 6) is -0.0743. The van der Waals surface area contributed by atoms with E-state index >= 15 is 0 Å². The topological polar surface area (TPSA) is 49.8 Å². The highest BCUT2D eigenvalue weighted by Gasteiger charge is 2.10. The number of anilines is 3. The van der Waals surface area contributed by atoms with E-state index in [0.717, 1.165) is 19.0 Å². The summed E-state index contributed by atoms with van der Waals surface area (Å²) in [5.41, 5.74) is 0.0530. The third-order valence-electron chi connectivity index (χ3n) is 2.86. The second-order valence-corrected chi connectivity index (χ2v) is 4.56. The summed E-state index contributed by atoms with van der Waals surface area (Å²) in [6.45, 7) is 4.77. The molecule has 2 rings (SSSR count). The SMILES string of the molecule is CCCNc1cc(Nc2cccc(F)c2F)nc(CC)n1. The molecule has 0 fully saturated rings. The second-order valence-electron chi connectivity index (χ2n) is 4.56. The summed E-state index contributed by atoms with van der Waals surface area (Å²) < 4.78 is 26.9. The Kier molecular flexibility index (Phi) is 5.03. The number of hydrogen-bond donors (Lipinski definition) is 2. The van der Waals surface area contributed by atoms with Gasteiger partial charge in [-0.05, 0) is 18.6 Å². The van der Waals surface area contributed by atoms with Crippen molar-refractivity contribution in [2.24, 2.45) is 0 Å². The number of aryl methyl sites for hydroxylation is 1. The number of nitrogens with zero attached hydrogens (tertiary/aromatic N) is 2. The molecular formula is C15H18F2N4. The van der Waals surface area contributed by atoms with Crippen LogP contribution in [0, 0.1) is 11.6 Å². The quantitative estimate of drug-likeness (QED) is 0.848. The zero-order valence-electron chi connectivity index (χ0n) is 12.1. The van der Waals surface area contributed by atoms with Crippen LogP contribution in [0.5, 0.6) is 0 Å². The highest BCUT2D eigenvalue weighted by atomic mass is 19.2. The summed E-state index contributed by atoms with van der Waals surface area (Å²) in [6, 6.07) is 5.66. The molecule has 2 N–H and O–H groups in total. The average Bonchev–Trinajstić information content (AvgIpc) is 2.49. The molecule has 1 aromatic carbocycles. The van der Waals surface area contributed by atoms with E-state index in [1.165, 1.54) is 12.1 Å². The molecule has 21 heavy (non-hydrogen) atoms. The number of benzene rings is 1. The number of halogens is 2. The monoisotopic (exact) mass is 292 g/mol. The molecule has 112 valence electrons. The highest BCUT2D eigenvalue weighted by molar-refractivity contribution is 5.59. The van der Waals surface area contributed by atoms with Gasteiger partial charge in [-0.2, -0.15) is 0 Å². The first-order valence-corrected chi connectivity index (χ1v) is 6.97. The Hall–Kier alpha value is -2.24. The zero-order valence-corrected chi connectivity index (χ0v) is 12.1. The van der Waals surface area contributed by atoms with Gasteiger partial charge in [-0.15, -0.1) is 0 Å². The minimum Gasteiger partial charge on any atom is -0.370 e. The van der Waals surface area contributed by atoms with Crippen LogP contribution in [0.25, 0.3) is 0 Å². The third-order valence-corrected chi connectivity index (χ3v) is 2.86. The van der Waals surface area contributed by atoms with Gasteiger partial charge < -0.3 is 10.6 Å². The lowest BCUT2D eigenvalue weighted by Gasteiger charge is -2.11. The number of aromatic nitrogens is 2. The molecule has 0 unspecified atom stereocenters. The van der Waals surface area contributed by atoms with E-state index in [2.05, 4.69) is 27.5 Å². The van der Waals surface area contributed by atoms with Crippen molar-refractivity contribution in [1.82, 2.24) is 9.97 Å². The van der Waals surface area contributed by atoms with Gasteiger partial charge in [0.25, 0.3) is 0 Å². The van der Waals surface area contributed by atoms with Crippen molar-refractivity contribution in [3.63, 3.8) is 0 Å². The Morgan fingerprint density at radius 1 is 1.10 bits per heavy atom. The van der Waals surface area contributed by atoms with Crippen LogP contribution in [0.2, 0.25) is 0 Å². The van der Waals surface area contributed by atoms with Crippen LogP contribution in [0.3, 0.4) is 0 Å². The maximum Gasteiger partial charge on any atom is 0.182 e. The Balaban J connectivity index is 2.28. The van der Waals surface area contributed by atoms with E-state index in [9.17, 15) is 8.78 Å². The lowest BCUT2D eigenvalue weighted by atomic mass is 10.3. The summed E-state index contributed by atoms with van der Waals surface area (Å²) in [7, 11) is 0. The van der Waals surface area contributed by atoms with Gasteiger partial charge in [-0.3, -0.25) is 0 Å². The molecule has 2 aromatic rings. The Morgan fingerprint density at radius 2 is 1.86 bits per heavy atom. The largest absolute Gasteiger partial charge is 0.370 e. The van der Waals surface area contributed by atoms with Crippen molar-refractivity contribution in [2.45, 2.75) is 26.7 Å². The van der Waals surface area contributed by atoms with Crippen molar-refractivity contribution in [3.05, 3.63) is 41.7 Å². The number of rotatable bonds is 6. The van der Waals surface area contributed by atoms with Gasteiger partial charge in [0.15, 0.2) is 11.6 Å². The molecule has 6 heteroatoms. The third kappa shape index (κ3) is 3.87. The van der Waals surface area contributed by atoms with Crippen LogP contribution < -0.4 is 10.6 Å². The van der Waals surface area contributed by atoms with Gasteiger partial charge in [0.1, 0.15) is 17.5 Å². The van der Waals surface area contributed by atoms with Crippen LogP contribution in [0.1, 0.15) is 26.1 Å². The fourth-order valence-electron chi connectivity index (χ4n) is 1.80. The predicted molar refractivity (Wildman–Crippen MR) is 79.8 cm³/mol. The van der Waals surface area contributed by atoms with E-state index in [1.807, 2.05) is 6.92 Å². The van der Waals surface area contributed by atoms with Crippen LogP contribution >= 0.6 is 0 Å². The maximum absolute atomic E-state index is 13.7. The highest BCUT2D eigenvalue weighted by Crippen LogP contribution is 2.22. The van der Waals surface area contributed by atoms with Crippen LogP contribution in [-0.2, 0) is 6.42 Å². The van der Waals surface area contributed by atoms with E-state index in [1.54, 1.807) is 6.07 Å². The average molecular weight is 292 g/mol. The summed E-state index contributed by atoms with van der Waals surface area (Å²) in [6.07, 6.45) is 1.62. The molecule has 0 saturated carbocycles. The van der Waals surface area contributed by atoms with Gasteiger partial charge in [0.05, 0.1) is 5.69 Å². The predicted octanol–water partition coefficient (Wildman–Crippen LogP) is 3.88. The summed E-state index contributed by atoms with van der Waals surface area (Å²) in [5, 5.41) is 5.96. The lowest BCUT2D eigenvalue weighted by molar-refractivity contribution is 0.511. The minimum atomic E-state index is -0.919. The molecule has 0 bridgehead atoms. The van der Waals surface area contributed by atoms with Gasteiger partial charge in [-0.1, -0.05) is 19.9 Å². The molecule has 0 atom stereocenters. The van der Waals surface area contributed by atoms with Gasteiger partial charge >= 0.3 is 0 Å². The molecular weight excluding hydrogens is 274 g/mol. The molecule has 0 spiro atoms. The maximum atomic E-state index is 13.7. The molecule has 0 saturated heterocycles. The van der Waals surface area contributed by atoms with Crippen molar-refractivity contribution < 1.29 is 8.78 Å². The Morgan fingerprint density at radius 3 is 2.57 bits per heavy atom. The lowest BCUT2D eigenvalue weighted by Crippen LogP contribution is -2.07. The second kappa shape index (κ2) is 6.97. The van der Waals surface area contributed by atoms with E-state index in [0.29, 0.717) is 23.9 Å². The summed E-state index contributed by atoms with van der Waals surface area (Å²) >= 11 is 0. The van der Waals surface area contributed by atoms with E-state index < -0.39 is 11.6 Å². The van der Waals surface area contributed by atoms with Gasteiger partial charge in [-0.25, -0.2) is 18.7 Å². The van der Waals surface area contributed by atoms with Gasteiger partial charge in [0, 0.05) is 19.0 Å². The molecule has 0 aliphatic carbocycles. The number of nitrogens with one attached hydrogen (secondary N) is 2. The molecule has 4 nitrogen and oxygen atoms in total. The Labute approximate surface area is 122 Å². The smallest absolute Gasteiger partial charge is 0.182 e. The summed E-state index contributed by atoms with van der Waals surface area (Å²) in [4.78, 5) is 8.62. The zero-order chi connectivity index (χ0) is 15.2. The number of hydrogen-bond acceptors (Lipinski definition) is 4. The van der Waals surface area contributed by atoms with Gasteiger partial charge in [0.2, 0.25) is 0 Å². The van der Waals surface area contributed by atoms with E-state index in [4.69, 9.17) is 0 Å². The van der Waals surface area contributed by atoms with E-state index in [-0.39, 0.29) is 5.69 Å². The molecule has 0 aliphatic heterocycles. The first kappa shape index (κ1) is 15.2. The van der Waals surface area contributed by atoms with Crippen LogP contribution in [0.4, 0.5) is 26.1 Å². The van der Waals surface area contributed by atoms with Crippen LogP contribution in [-0.4, -0.2) is 16.5 Å². The molecule has 1 aromatic heterocycles. The molecule has 1 heterocycles. The first-order chi connectivity index (χ1) is 10.1. The standard InChI is InChI=1S/C15H18F2N4/c1-3-8-18-13-9-14(21-12(4-2)20-13)19-11-7-5-6-10(16)15(11)17/h5-7,9H,3-4,8H2,1-2H3,(H2,18,19,20,21). The first-order valence-electron chi connectivity index (χ1n) is 6.97. The van der Waals surface area contributed by atoms with Crippen molar-refractivity contribution in [3.8, 4) is 0 Å². The molecule has 0 aliphatic rings. The van der Waals surface area contributed by atoms with Crippen molar-refractivity contribution >= 4 is 17.3 Å². The fraction of sp³-hybridized carbons (Fsp3) is 0.333. The normalized spacial score (nSPS) is 10.5. The molecule has 0 radical (unpaired) electrons. The Bertz CT molecular complexity index is 617. The molecule has 0 amide bonds. The van der Waals surface area contributed by atoms with Crippen LogP contribution in [0.15, 0.2) is 24.3 Å². The van der Waals surface area contributed by atoms with Crippen molar-refractivity contribution in [2.75, 3.05) is 17.2 Å². The van der Waals surface area contributed by atoms with Crippen molar-refractivity contribution in [1.29, 1.82) is 0 Å². The minimum absolute atomic E-state index is 0.0530. The fourth-order valence-corrected chi connectivity index (χ4v) is 1.80.